The van der Waals surface area contributed by atoms with Gasteiger partial charge in [0.2, 0.25) is 0 Å². The van der Waals surface area contributed by atoms with E-state index in [1.165, 1.54) is 19.1 Å². The van der Waals surface area contributed by atoms with Crippen LogP contribution in [-0.2, 0) is 9.59 Å². The largest absolute Gasteiger partial charge is 0.507 e. The van der Waals surface area contributed by atoms with E-state index >= 15 is 0 Å². The fourth-order valence-corrected chi connectivity index (χ4v) is 4.09. The predicted octanol–water partition coefficient (Wildman–Crippen LogP) is 3.48. The Morgan fingerprint density at radius 1 is 1.06 bits per heavy atom. The lowest BCUT2D eigenvalue weighted by molar-refractivity contribution is -0.139. The smallest absolute Gasteiger partial charge is 0.295 e. The molecule has 1 fully saturated rings. The van der Waals surface area contributed by atoms with Crippen molar-refractivity contribution in [3.8, 4) is 17.2 Å². The number of ketones is 1. The predicted molar refractivity (Wildman–Crippen MR) is 129 cm³/mol. The van der Waals surface area contributed by atoms with Crippen molar-refractivity contribution < 1.29 is 28.9 Å². The Morgan fingerprint density at radius 2 is 1.79 bits per heavy atom. The van der Waals surface area contributed by atoms with E-state index in [9.17, 15) is 14.7 Å². The number of hydrogen-bond donors (Lipinski definition) is 1. The van der Waals surface area contributed by atoms with Crippen molar-refractivity contribution in [2.75, 3.05) is 48.0 Å². The highest BCUT2D eigenvalue weighted by atomic mass is 16.5. The van der Waals surface area contributed by atoms with Gasteiger partial charge in [-0.1, -0.05) is 18.2 Å². The Kier molecular flexibility index (Phi) is 8.17. The lowest BCUT2D eigenvalue weighted by Gasteiger charge is -2.26. The molecule has 0 saturated carbocycles. The Bertz CT molecular complexity index is 1080. The highest BCUT2D eigenvalue weighted by Gasteiger charge is 2.46. The molecule has 8 heteroatoms. The first-order valence-corrected chi connectivity index (χ1v) is 11.2. The average molecular weight is 469 g/mol. The fourth-order valence-electron chi connectivity index (χ4n) is 4.09. The molecule has 1 aliphatic rings. The second kappa shape index (κ2) is 11.1. The zero-order chi connectivity index (χ0) is 24.8. The number of methoxy groups -OCH3 is 2. The zero-order valence-electron chi connectivity index (χ0n) is 20.3. The summed E-state index contributed by atoms with van der Waals surface area (Å²) < 4.78 is 16.3. The zero-order valence-corrected chi connectivity index (χ0v) is 20.3. The summed E-state index contributed by atoms with van der Waals surface area (Å²) in [5.41, 5.74) is 1.09. The maximum atomic E-state index is 13.2. The van der Waals surface area contributed by atoms with Crippen LogP contribution in [0.1, 0.15) is 30.5 Å². The summed E-state index contributed by atoms with van der Waals surface area (Å²) in [5, 5.41) is 11.3. The topological polar surface area (TPSA) is 88.5 Å². The molecule has 0 aliphatic carbocycles. The van der Waals surface area contributed by atoms with E-state index in [0.29, 0.717) is 47.9 Å². The van der Waals surface area contributed by atoms with Gasteiger partial charge in [0.15, 0.2) is 11.5 Å². The number of carbonyl (C=O) groups is 2. The fraction of sp³-hybridized carbons (Fsp3) is 0.385. The number of ether oxygens (including phenoxy) is 3. The number of benzene rings is 2. The van der Waals surface area contributed by atoms with Crippen LogP contribution < -0.4 is 14.2 Å². The molecule has 2 aromatic rings. The minimum Gasteiger partial charge on any atom is -0.507 e. The number of nitrogens with zero attached hydrogens (tertiary/aromatic N) is 2. The lowest BCUT2D eigenvalue weighted by Crippen LogP contribution is -2.32. The van der Waals surface area contributed by atoms with Crippen LogP contribution in [0.25, 0.3) is 5.76 Å². The molecule has 34 heavy (non-hydrogen) atoms. The van der Waals surface area contributed by atoms with Gasteiger partial charge in [0.25, 0.3) is 11.7 Å². The molecule has 8 nitrogen and oxygen atoms in total. The molecule has 0 aromatic heterocycles. The van der Waals surface area contributed by atoms with Gasteiger partial charge in [-0.3, -0.25) is 9.59 Å². The SMILES string of the molecule is CCOc1cccc(/C(O)=C2\C(=O)C(=O)N(CCCN(C)C)C2c2ccc(OC)c(OC)c2)c1. The van der Waals surface area contributed by atoms with E-state index in [0.717, 1.165) is 6.54 Å². The highest BCUT2D eigenvalue weighted by Crippen LogP contribution is 2.42. The van der Waals surface area contributed by atoms with E-state index in [-0.39, 0.29) is 11.3 Å². The van der Waals surface area contributed by atoms with Gasteiger partial charge in [-0.05, 0) is 63.8 Å². The average Bonchev–Trinajstić information content (AvgIpc) is 3.08. The number of amides is 1. The summed E-state index contributed by atoms with van der Waals surface area (Å²) in [6, 6.07) is 11.3. The van der Waals surface area contributed by atoms with Crippen LogP contribution in [0.2, 0.25) is 0 Å². The van der Waals surface area contributed by atoms with Crippen LogP contribution in [-0.4, -0.2) is 74.6 Å². The lowest BCUT2D eigenvalue weighted by atomic mass is 9.95. The second-order valence-electron chi connectivity index (χ2n) is 8.22. The summed E-state index contributed by atoms with van der Waals surface area (Å²) in [6.07, 6.45) is 0.670. The van der Waals surface area contributed by atoms with Crippen LogP contribution >= 0.6 is 0 Å². The van der Waals surface area contributed by atoms with Crippen molar-refractivity contribution in [3.63, 3.8) is 0 Å². The molecule has 2 aromatic carbocycles. The number of carbonyl (C=O) groups excluding carboxylic acids is 2. The monoisotopic (exact) mass is 468 g/mol. The molecule has 1 heterocycles. The molecule has 3 rings (SSSR count). The van der Waals surface area contributed by atoms with Crippen molar-refractivity contribution in [1.82, 2.24) is 9.80 Å². The third kappa shape index (κ3) is 5.17. The molecular weight excluding hydrogens is 436 g/mol. The second-order valence-corrected chi connectivity index (χ2v) is 8.22. The first-order chi connectivity index (χ1) is 16.3. The van der Waals surface area contributed by atoms with Gasteiger partial charge in [-0.25, -0.2) is 0 Å². The third-order valence-corrected chi connectivity index (χ3v) is 5.69. The minimum atomic E-state index is -0.766. The number of rotatable bonds is 10. The summed E-state index contributed by atoms with van der Waals surface area (Å²) in [7, 11) is 6.96. The minimum absolute atomic E-state index is 0.0377. The van der Waals surface area contributed by atoms with Crippen LogP contribution in [0.5, 0.6) is 17.2 Å². The van der Waals surface area contributed by atoms with Crippen LogP contribution in [0.15, 0.2) is 48.0 Å². The molecule has 0 radical (unpaired) electrons. The van der Waals surface area contributed by atoms with Crippen molar-refractivity contribution in [2.45, 2.75) is 19.4 Å². The Labute approximate surface area is 200 Å². The summed E-state index contributed by atoms with van der Waals surface area (Å²) in [5.74, 6) is -0.0355. The van der Waals surface area contributed by atoms with Gasteiger partial charge in [0, 0.05) is 12.1 Å². The van der Waals surface area contributed by atoms with Crippen molar-refractivity contribution in [3.05, 3.63) is 59.2 Å². The number of hydrogen-bond acceptors (Lipinski definition) is 7. The van der Waals surface area contributed by atoms with Crippen molar-refractivity contribution in [1.29, 1.82) is 0 Å². The molecular formula is C26H32N2O6. The van der Waals surface area contributed by atoms with Crippen LogP contribution in [0, 0.1) is 0 Å². The number of likely N-dealkylation sites (tertiary alicyclic amines) is 1. The van der Waals surface area contributed by atoms with Gasteiger partial charge in [-0.15, -0.1) is 0 Å². The van der Waals surface area contributed by atoms with Crippen molar-refractivity contribution >= 4 is 17.4 Å². The molecule has 0 bridgehead atoms. The van der Waals surface area contributed by atoms with E-state index in [2.05, 4.69) is 0 Å². The van der Waals surface area contributed by atoms with E-state index in [1.807, 2.05) is 25.9 Å². The van der Waals surface area contributed by atoms with Crippen LogP contribution in [0.4, 0.5) is 0 Å². The third-order valence-electron chi connectivity index (χ3n) is 5.69. The first-order valence-electron chi connectivity index (χ1n) is 11.2. The number of aliphatic hydroxyl groups excluding tert-OH is 1. The van der Waals surface area contributed by atoms with Gasteiger partial charge in [0.1, 0.15) is 11.5 Å². The molecule has 1 N–H and O–H groups in total. The van der Waals surface area contributed by atoms with Crippen molar-refractivity contribution in [2.24, 2.45) is 0 Å². The van der Waals surface area contributed by atoms with Gasteiger partial charge >= 0.3 is 0 Å². The number of aliphatic hydroxyl groups is 1. The quantitative estimate of drug-likeness (QED) is 0.324. The molecule has 1 aliphatic heterocycles. The first kappa shape index (κ1) is 25.1. The number of Topliss-reactive ketones (excluding diaryl/α,β-unsaturated/α-hetero) is 1. The molecule has 1 atom stereocenters. The van der Waals surface area contributed by atoms with Gasteiger partial charge in [-0.2, -0.15) is 0 Å². The molecule has 1 saturated heterocycles. The van der Waals surface area contributed by atoms with Gasteiger partial charge in [0.05, 0.1) is 32.4 Å². The maximum Gasteiger partial charge on any atom is 0.295 e. The van der Waals surface area contributed by atoms with Crippen LogP contribution in [0.3, 0.4) is 0 Å². The molecule has 0 spiro atoms. The maximum absolute atomic E-state index is 13.2. The standard InChI is InChI=1S/C26H32N2O6/c1-6-34-19-10-7-9-18(15-19)24(29)22-23(17-11-12-20(32-4)21(16-17)33-5)28(26(31)25(22)30)14-8-13-27(2)3/h7,9-12,15-16,23,29H,6,8,13-14H2,1-5H3/b24-22+. The van der Waals surface area contributed by atoms with E-state index in [1.54, 1.807) is 42.5 Å². The Hall–Kier alpha value is -3.52. The Morgan fingerprint density at radius 3 is 2.44 bits per heavy atom. The van der Waals surface area contributed by atoms with Gasteiger partial charge < -0.3 is 29.1 Å². The molecule has 182 valence electrons. The molecule has 1 amide bonds. The van der Waals surface area contributed by atoms with E-state index in [4.69, 9.17) is 14.2 Å². The van der Waals surface area contributed by atoms with E-state index < -0.39 is 17.7 Å². The Balaban J connectivity index is 2.14. The normalized spacial score (nSPS) is 17.4. The summed E-state index contributed by atoms with van der Waals surface area (Å²) in [4.78, 5) is 29.8. The molecule has 1 unspecified atom stereocenters. The summed E-state index contributed by atoms with van der Waals surface area (Å²) >= 11 is 0. The highest BCUT2D eigenvalue weighted by molar-refractivity contribution is 6.46. The summed E-state index contributed by atoms with van der Waals surface area (Å²) in [6.45, 7) is 3.44.